The van der Waals surface area contributed by atoms with Crippen molar-refractivity contribution in [1.82, 2.24) is 10.3 Å². The highest BCUT2D eigenvalue weighted by molar-refractivity contribution is 5.90. The molecule has 2 rings (SSSR count). The van der Waals surface area contributed by atoms with E-state index in [4.69, 9.17) is 5.11 Å². The number of carboxylic acid groups (broad SMARTS) is 1. The molecule has 0 radical (unpaired) electrons. The molecule has 30 heavy (non-hydrogen) atoms. The monoisotopic (exact) mass is 432 g/mol. The lowest BCUT2D eigenvalue weighted by Crippen LogP contribution is -2.39. The SMILES string of the molecule is Cc1cc(C(F)(F)C(=O)N[C@H](C)c2ccc(OCC(F)(F)F)cn2)ccc1C(=O)O. The summed E-state index contributed by atoms with van der Waals surface area (Å²) < 4.78 is 69.9. The van der Waals surface area contributed by atoms with Gasteiger partial charge in [-0.25, -0.2) is 4.79 Å². The Hall–Kier alpha value is -3.24. The molecule has 0 fully saturated rings. The zero-order valence-corrected chi connectivity index (χ0v) is 15.8. The number of carbonyl (C=O) groups excluding carboxylic acids is 1. The highest BCUT2D eigenvalue weighted by Crippen LogP contribution is 2.31. The summed E-state index contributed by atoms with van der Waals surface area (Å²) in [6.07, 6.45) is -3.54. The standard InChI is InChI=1S/C19H17F5N2O4/c1-10-7-12(3-5-14(10)16(27)28)19(23,24)17(29)26-11(2)15-6-4-13(8-25-15)30-9-18(20,21)22/h3-8,11H,9H2,1-2H3,(H,26,29)(H,27,28)/t11-/m1/s1. The van der Waals surface area contributed by atoms with Crippen LogP contribution in [-0.2, 0) is 10.7 Å². The minimum absolute atomic E-state index is 0.0663. The summed E-state index contributed by atoms with van der Waals surface area (Å²) in [5, 5.41) is 11.0. The number of alkyl halides is 5. The van der Waals surface area contributed by atoms with E-state index in [1.807, 2.05) is 0 Å². The van der Waals surface area contributed by atoms with Crippen molar-refractivity contribution in [1.29, 1.82) is 0 Å². The first kappa shape index (κ1) is 23.0. The van der Waals surface area contributed by atoms with E-state index in [9.17, 15) is 31.5 Å². The third-order valence-electron chi connectivity index (χ3n) is 4.06. The second-order valence-corrected chi connectivity index (χ2v) is 6.43. The van der Waals surface area contributed by atoms with Gasteiger partial charge in [-0.2, -0.15) is 22.0 Å². The molecule has 11 heteroatoms. The van der Waals surface area contributed by atoms with Crippen LogP contribution in [0.2, 0.25) is 0 Å². The molecule has 2 aromatic rings. The van der Waals surface area contributed by atoms with Gasteiger partial charge in [0.25, 0.3) is 5.91 Å². The van der Waals surface area contributed by atoms with Crippen molar-refractivity contribution in [2.24, 2.45) is 0 Å². The number of hydrogen-bond donors (Lipinski definition) is 2. The predicted molar refractivity (Wildman–Crippen MR) is 94.4 cm³/mol. The Morgan fingerprint density at radius 2 is 1.83 bits per heavy atom. The van der Waals surface area contributed by atoms with Crippen LogP contribution in [-0.4, -0.2) is 34.8 Å². The van der Waals surface area contributed by atoms with E-state index in [2.05, 4.69) is 15.0 Å². The molecule has 6 nitrogen and oxygen atoms in total. The van der Waals surface area contributed by atoms with Gasteiger partial charge in [-0.3, -0.25) is 9.78 Å². The maximum absolute atomic E-state index is 14.5. The number of benzene rings is 1. The van der Waals surface area contributed by atoms with Crippen molar-refractivity contribution < 1.29 is 41.4 Å². The molecule has 0 saturated carbocycles. The summed E-state index contributed by atoms with van der Waals surface area (Å²) >= 11 is 0. The first-order chi connectivity index (χ1) is 13.8. The molecule has 0 aliphatic rings. The van der Waals surface area contributed by atoms with Gasteiger partial charge in [0.1, 0.15) is 5.75 Å². The van der Waals surface area contributed by atoms with E-state index in [1.54, 1.807) is 0 Å². The minimum Gasteiger partial charge on any atom is -0.483 e. The van der Waals surface area contributed by atoms with Gasteiger partial charge >= 0.3 is 18.1 Å². The summed E-state index contributed by atoms with van der Waals surface area (Å²) in [5.41, 5.74) is -0.661. The van der Waals surface area contributed by atoms with Crippen LogP contribution in [0.4, 0.5) is 22.0 Å². The number of halogens is 5. The molecule has 1 heterocycles. The second kappa shape index (κ2) is 8.64. The highest BCUT2D eigenvalue weighted by atomic mass is 19.4. The van der Waals surface area contributed by atoms with E-state index >= 15 is 0 Å². The number of carbonyl (C=O) groups is 2. The van der Waals surface area contributed by atoms with Gasteiger partial charge in [-0.05, 0) is 43.7 Å². The molecule has 0 aliphatic heterocycles. The Labute approximate surface area is 167 Å². The highest BCUT2D eigenvalue weighted by Gasteiger charge is 2.42. The average molecular weight is 432 g/mol. The fourth-order valence-corrected chi connectivity index (χ4v) is 2.49. The van der Waals surface area contributed by atoms with E-state index in [0.717, 1.165) is 24.4 Å². The van der Waals surface area contributed by atoms with Crippen LogP contribution in [0.5, 0.6) is 5.75 Å². The second-order valence-electron chi connectivity index (χ2n) is 6.43. The molecule has 0 unspecified atom stereocenters. The summed E-state index contributed by atoms with van der Waals surface area (Å²) in [7, 11) is 0. The molecular weight excluding hydrogens is 415 g/mol. The van der Waals surface area contributed by atoms with Crippen molar-refractivity contribution in [2.75, 3.05) is 6.61 Å². The topological polar surface area (TPSA) is 88.5 Å². The molecule has 0 spiro atoms. The number of nitrogens with one attached hydrogen (secondary N) is 1. The lowest BCUT2D eigenvalue weighted by Gasteiger charge is -2.20. The lowest BCUT2D eigenvalue weighted by molar-refractivity contribution is -0.153. The van der Waals surface area contributed by atoms with Crippen LogP contribution >= 0.6 is 0 Å². The Morgan fingerprint density at radius 1 is 1.17 bits per heavy atom. The fraction of sp³-hybridized carbons (Fsp3) is 0.316. The number of aromatic carboxylic acids is 1. The first-order valence-corrected chi connectivity index (χ1v) is 8.50. The third kappa shape index (κ3) is 5.65. The molecule has 1 amide bonds. The maximum Gasteiger partial charge on any atom is 0.422 e. The molecule has 1 aromatic carbocycles. The summed E-state index contributed by atoms with van der Waals surface area (Å²) in [5.74, 6) is -7.05. The quantitative estimate of drug-likeness (QED) is 0.646. The van der Waals surface area contributed by atoms with Crippen molar-refractivity contribution in [2.45, 2.75) is 32.0 Å². The summed E-state index contributed by atoms with van der Waals surface area (Å²) in [6, 6.07) is 4.17. The number of aryl methyl sites for hydroxylation is 1. The number of amides is 1. The van der Waals surface area contributed by atoms with Gasteiger partial charge in [0.05, 0.1) is 23.5 Å². The van der Waals surface area contributed by atoms with Gasteiger partial charge in [-0.1, -0.05) is 6.07 Å². The number of rotatable bonds is 7. The predicted octanol–water partition coefficient (Wildman–Crippen LogP) is 4.00. The zero-order valence-electron chi connectivity index (χ0n) is 15.8. The molecular formula is C19H17F5N2O4. The smallest absolute Gasteiger partial charge is 0.422 e. The van der Waals surface area contributed by atoms with Crippen LogP contribution in [0.1, 0.15) is 40.1 Å². The maximum atomic E-state index is 14.5. The number of ether oxygens (including phenoxy) is 1. The van der Waals surface area contributed by atoms with E-state index in [-0.39, 0.29) is 22.6 Å². The van der Waals surface area contributed by atoms with Gasteiger partial charge in [0, 0.05) is 5.56 Å². The third-order valence-corrected chi connectivity index (χ3v) is 4.06. The molecule has 2 N–H and O–H groups in total. The Bertz CT molecular complexity index is 930. The van der Waals surface area contributed by atoms with Gasteiger partial charge < -0.3 is 15.2 Å². The number of aromatic nitrogens is 1. The first-order valence-electron chi connectivity index (χ1n) is 8.50. The summed E-state index contributed by atoms with van der Waals surface area (Å²) in [6.45, 7) is 1.19. The normalized spacial score (nSPS) is 12.9. The van der Waals surface area contributed by atoms with Crippen LogP contribution in [0.3, 0.4) is 0 Å². The van der Waals surface area contributed by atoms with Gasteiger partial charge in [0.2, 0.25) is 0 Å². The molecule has 1 aromatic heterocycles. The largest absolute Gasteiger partial charge is 0.483 e. The molecule has 162 valence electrons. The van der Waals surface area contributed by atoms with E-state index in [1.165, 1.54) is 26.0 Å². The molecule has 0 aliphatic carbocycles. The van der Waals surface area contributed by atoms with Gasteiger partial charge in [-0.15, -0.1) is 0 Å². The Balaban J connectivity index is 2.08. The number of pyridine rings is 1. The van der Waals surface area contributed by atoms with Crippen molar-refractivity contribution in [3.63, 3.8) is 0 Å². The van der Waals surface area contributed by atoms with Gasteiger partial charge in [0.15, 0.2) is 6.61 Å². The number of carboxylic acids is 1. The zero-order chi connectivity index (χ0) is 22.7. The fourth-order valence-electron chi connectivity index (χ4n) is 2.49. The van der Waals surface area contributed by atoms with Crippen molar-refractivity contribution in [3.05, 3.63) is 58.9 Å². The Kier molecular flexibility index (Phi) is 6.63. The summed E-state index contributed by atoms with van der Waals surface area (Å²) in [4.78, 5) is 26.9. The number of nitrogens with zero attached hydrogens (tertiary/aromatic N) is 1. The van der Waals surface area contributed by atoms with Crippen molar-refractivity contribution in [3.8, 4) is 5.75 Å². The minimum atomic E-state index is -4.52. The molecule has 1 atom stereocenters. The van der Waals surface area contributed by atoms with Crippen LogP contribution in [0.25, 0.3) is 0 Å². The van der Waals surface area contributed by atoms with Crippen LogP contribution < -0.4 is 10.1 Å². The molecule has 0 saturated heterocycles. The average Bonchev–Trinajstić information content (AvgIpc) is 2.65. The van der Waals surface area contributed by atoms with Crippen LogP contribution in [0.15, 0.2) is 36.5 Å². The van der Waals surface area contributed by atoms with E-state index in [0.29, 0.717) is 0 Å². The number of hydrogen-bond acceptors (Lipinski definition) is 4. The lowest BCUT2D eigenvalue weighted by atomic mass is 10.0. The van der Waals surface area contributed by atoms with E-state index < -0.39 is 42.2 Å². The van der Waals surface area contributed by atoms with Crippen molar-refractivity contribution >= 4 is 11.9 Å². The van der Waals surface area contributed by atoms with Crippen LogP contribution in [0, 0.1) is 6.92 Å². The Morgan fingerprint density at radius 3 is 2.33 bits per heavy atom. The molecule has 0 bridgehead atoms.